The van der Waals surface area contributed by atoms with Gasteiger partial charge in [-0.1, -0.05) is 42.5 Å². The molecular weight excluding hydrogens is 659 g/mol. The average molecular weight is 698 g/mol. The van der Waals surface area contributed by atoms with Crippen LogP contribution in [0.4, 0.5) is 10.7 Å². The molecular formula is C38H39N3O6S2. The summed E-state index contributed by atoms with van der Waals surface area (Å²) in [6, 6.07) is 23.0. The molecule has 3 amide bonds. The van der Waals surface area contributed by atoms with Crippen LogP contribution >= 0.6 is 23.1 Å². The number of thiophene rings is 1. The number of carbonyl (C=O) groups is 4. The Morgan fingerprint density at radius 1 is 0.898 bits per heavy atom. The quantitative estimate of drug-likeness (QED) is 0.0743. The number of para-hydroxylation sites is 1. The van der Waals surface area contributed by atoms with Crippen LogP contribution in [0.5, 0.6) is 5.75 Å². The zero-order valence-corrected chi connectivity index (χ0v) is 29.3. The minimum Gasteiger partial charge on any atom is -0.493 e. The molecule has 1 atom stereocenters. The number of carbonyl (C=O) groups excluding carboxylic acids is 4. The number of ether oxygens (including phenoxy) is 2. The van der Waals surface area contributed by atoms with Crippen LogP contribution in [-0.4, -0.2) is 42.2 Å². The molecule has 3 aromatic carbocycles. The van der Waals surface area contributed by atoms with Crippen molar-refractivity contribution in [3.63, 3.8) is 0 Å². The van der Waals surface area contributed by atoms with E-state index in [0.717, 1.165) is 41.0 Å². The number of amides is 3. The Bertz CT molecular complexity index is 1850. The van der Waals surface area contributed by atoms with Gasteiger partial charge in [0.15, 0.2) is 0 Å². The lowest BCUT2D eigenvalue weighted by atomic mass is 9.95. The standard InChI is InChI=1S/C38H39N3O6S2/c1-4-46-31-20-11-9-16-26(31)22-30(40-35(43)25-14-7-6-8-15-25)36(44)39-27-17-13-18-28(23-27)48-24(3)34(42)41-37-33(38(45)47-5-2)29-19-10-12-21-32(29)49-37/h6-9,11,13-18,20,22-24H,4-5,10,12,19,21H2,1-3H3,(H,39,44)(H,40,43)(H,41,42)/b30-22+. The molecule has 1 heterocycles. The van der Waals surface area contributed by atoms with E-state index in [2.05, 4.69) is 16.0 Å². The zero-order chi connectivity index (χ0) is 34.8. The van der Waals surface area contributed by atoms with Gasteiger partial charge in [-0.15, -0.1) is 23.1 Å². The molecule has 3 N–H and O–H groups in total. The Labute approximate surface area is 294 Å². The second-order valence-electron chi connectivity index (χ2n) is 11.2. The number of hydrogen-bond acceptors (Lipinski definition) is 8. The fourth-order valence-electron chi connectivity index (χ4n) is 5.37. The van der Waals surface area contributed by atoms with Gasteiger partial charge in [0.05, 0.1) is 24.0 Å². The summed E-state index contributed by atoms with van der Waals surface area (Å²) in [5.41, 5.74) is 3.01. The van der Waals surface area contributed by atoms with Crippen molar-refractivity contribution < 1.29 is 28.7 Å². The van der Waals surface area contributed by atoms with E-state index in [0.29, 0.717) is 39.7 Å². The number of nitrogens with one attached hydrogen (secondary N) is 3. The van der Waals surface area contributed by atoms with Gasteiger partial charge in [0.2, 0.25) is 5.91 Å². The number of rotatable bonds is 13. The molecule has 0 saturated carbocycles. The Kier molecular flexibility index (Phi) is 12.3. The first-order valence-corrected chi connectivity index (χ1v) is 18.0. The van der Waals surface area contributed by atoms with Crippen molar-refractivity contribution in [1.29, 1.82) is 0 Å². The second kappa shape index (κ2) is 17.0. The predicted molar refractivity (Wildman–Crippen MR) is 195 cm³/mol. The summed E-state index contributed by atoms with van der Waals surface area (Å²) in [6.07, 6.45) is 5.32. The second-order valence-corrected chi connectivity index (χ2v) is 13.7. The van der Waals surface area contributed by atoms with Gasteiger partial charge < -0.3 is 25.4 Å². The van der Waals surface area contributed by atoms with Crippen molar-refractivity contribution in [2.75, 3.05) is 23.8 Å². The highest BCUT2D eigenvalue weighted by Gasteiger charge is 2.28. The van der Waals surface area contributed by atoms with Crippen LogP contribution in [0.1, 0.15) is 70.3 Å². The summed E-state index contributed by atoms with van der Waals surface area (Å²) < 4.78 is 11.1. The van der Waals surface area contributed by atoms with E-state index in [1.807, 2.05) is 31.2 Å². The first-order chi connectivity index (χ1) is 23.8. The topological polar surface area (TPSA) is 123 Å². The van der Waals surface area contributed by atoms with E-state index < -0.39 is 23.0 Å². The van der Waals surface area contributed by atoms with Gasteiger partial charge in [-0.05, 0) is 94.5 Å². The number of esters is 1. The third-order valence-corrected chi connectivity index (χ3v) is 10.0. The fourth-order valence-corrected chi connectivity index (χ4v) is 7.58. The molecule has 0 aliphatic heterocycles. The lowest BCUT2D eigenvalue weighted by Gasteiger charge is -2.15. The predicted octanol–water partition coefficient (Wildman–Crippen LogP) is 7.73. The molecule has 0 fully saturated rings. The average Bonchev–Trinajstić information content (AvgIpc) is 3.47. The first-order valence-electron chi connectivity index (χ1n) is 16.3. The number of thioether (sulfide) groups is 1. The van der Waals surface area contributed by atoms with Gasteiger partial charge in [-0.2, -0.15) is 0 Å². The van der Waals surface area contributed by atoms with E-state index in [1.165, 1.54) is 23.1 Å². The SMILES string of the molecule is CCOC(=O)c1c(NC(=O)C(C)Sc2cccc(NC(=O)/C(=C\c3ccccc3OCC)NC(=O)c3ccccc3)c2)sc2c1CCCC2. The van der Waals surface area contributed by atoms with Gasteiger partial charge in [0.25, 0.3) is 11.8 Å². The number of anilines is 2. The molecule has 49 heavy (non-hydrogen) atoms. The smallest absolute Gasteiger partial charge is 0.341 e. The third kappa shape index (κ3) is 9.18. The van der Waals surface area contributed by atoms with Crippen LogP contribution in [-0.2, 0) is 27.2 Å². The van der Waals surface area contributed by atoms with Crippen LogP contribution < -0.4 is 20.7 Å². The lowest BCUT2D eigenvalue weighted by molar-refractivity contribution is -0.115. The molecule has 0 saturated heterocycles. The van der Waals surface area contributed by atoms with E-state index in [1.54, 1.807) is 74.5 Å². The molecule has 1 unspecified atom stereocenters. The van der Waals surface area contributed by atoms with Gasteiger partial charge in [-0.25, -0.2) is 4.79 Å². The highest BCUT2D eigenvalue weighted by atomic mass is 32.2. The molecule has 0 radical (unpaired) electrons. The highest BCUT2D eigenvalue weighted by Crippen LogP contribution is 2.39. The Morgan fingerprint density at radius 3 is 2.43 bits per heavy atom. The summed E-state index contributed by atoms with van der Waals surface area (Å²) in [5.74, 6) is -1.04. The summed E-state index contributed by atoms with van der Waals surface area (Å²) in [4.78, 5) is 54.9. The molecule has 5 rings (SSSR count). The monoisotopic (exact) mass is 697 g/mol. The van der Waals surface area contributed by atoms with Crippen molar-refractivity contribution in [3.05, 3.63) is 112 Å². The Morgan fingerprint density at radius 2 is 1.65 bits per heavy atom. The lowest BCUT2D eigenvalue weighted by Crippen LogP contribution is -2.30. The maximum Gasteiger partial charge on any atom is 0.341 e. The van der Waals surface area contributed by atoms with Crippen molar-refractivity contribution in [2.45, 2.75) is 56.6 Å². The molecule has 254 valence electrons. The maximum absolute atomic E-state index is 13.7. The van der Waals surface area contributed by atoms with Gasteiger partial charge >= 0.3 is 5.97 Å². The van der Waals surface area contributed by atoms with E-state index in [9.17, 15) is 19.2 Å². The van der Waals surface area contributed by atoms with Crippen LogP contribution in [0.25, 0.3) is 6.08 Å². The molecule has 1 aliphatic carbocycles. The van der Waals surface area contributed by atoms with Crippen LogP contribution in [0.2, 0.25) is 0 Å². The minimum atomic E-state index is -0.531. The normalized spacial score (nSPS) is 13.1. The van der Waals surface area contributed by atoms with Gasteiger partial charge in [0.1, 0.15) is 16.4 Å². The van der Waals surface area contributed by atoms with E-state index in [4.69, 9.17) is 9.47 Å². The molecule has 11 heteroatoms. The highest BCUT2D eigenvalue weighted by molar-refractivity contribution is 8.00. The molecule has 0 spiro atoms. The van der Waals surface area contributed by atoms with Crippen LogP contribution in [0, 0.1) is 0 Å². The summed E-state index contributed by atoms with van der Waals surface area (Å²) in [6.45, 7) is 6.12. The molecule has 1 aromatic heterocycles. The molecule has 1 aliphatic rings. The molecule has 9 nitrogen and oxygen atoms in total. The summed E-state index contributed by atoms with van der Waals surface area (Å²) in [7, 11) is 0. The molecule has 0 bridgehead atoms. The van der Waals surface area contributed by atoms with Crippen LogP contribution in [0.3, 0.4) is 0 Å². The first kappa shape index (κ1) is 35.4. The number of benzene rings is 3. The van der Waals surface area contributed by atoms with Crippen molar-refractivity contribution >= 4 is 63.6 Å². The maximum atomic E-state index is 13.7. The largest absolute Gasteiger partial charge is 0.493 e. The number of aryl methyl sites for hydroxylation is 1. The fraction of sp³-hybridized carbons (Fsp3) is 0.263. The van der Waals surface area contributed by atoms with Gasteiger partial charge in [-0.3, -0.25) is 14.4 Å². The van der Waals surface area contributed by atoms with Crippen molar-refractivity contribution in [2.24, 2.45) is 0 Å². The van der Waals surface area contributed by atoms with E-state index in [-0.39, 0.29) is 18.2 Å². The third-order valence-electron chi connectivity index (χ3n) is 7.71. The Balaban J connectivity index is 1.31. The van der Waals surface area contributed by atoms with E-state index >= 15 is 0 Å². The summed E-state index contributed by atoms with van der Waals surface area (Å²) in [5, 5.41) is 8.65. The molecule has 4 aromatic rings. The van der Waals surface area contributed by atoms with Gasteiger partial charge in [0, 0.05) is 26.6 Å². The number of fused-ring (bicyclic) bond motifs is 1. The zero-order valence-electron chi connectivity index (χ0n) is 27.7. The minimum absolute atomic E-state index is 0.0304. The Hall–Kier alpha value is -4.87. The van der Waals surface area contributed by atoms with Crippen molar-refractivity contribution in [1.82, 2.24) is 5.32 Å². The summed E-state index contributed by atoms with van der Waals surface area (Å²) >= 11 is 2.78. The van der Waals surface area contributed by atoms with Crippen LogP contribution in [0.15, 0.2) is 89.5 Å². The van der Waals surface area contributed by atoms with Crippen molar-refractivity contribution in [3.8, 4) is 5.75 Å². The number of hydrogen-bond donors (Lipinski definition) is 3.